The van der Waals surface area contributed by atoms with Crippen LogP contribution in [0, 0.1) is 0 Å². The molecule has 9 heteroatoms. The lowest BCUT2D eigenvalue weighted by molar-refractivity contribution is -0.137. The number of benzene rings is 3. The van der Waals surface area contributed by atoms with Gasteiger partial charge in [-0.1, -0.05) is 24.8 Å². The van der Waals surface area contributed by atoms with Crippen molar-refractivity contribution in [3.05, 3.63) is 103 Å². The molecular weight excluding hydrogens is 493 g/mol. The topological polar surface area (TPSA) is 75.2 Å². The number of carbonyl (C=O) groups is 2. The first-order valence-corrected chi connectivity index (χ1v) is 12.0. The maximum absolute atomic E-state index is 13.0. The third-order valence-electron chi connectivity index (χ3n) is 6.68. The number of rotatable bonds is 5. The summed E-state index contributed by atoms with van der Waals surface area (Å²) < 4.78 is 39.0. The summed E-state index contributed by atoms with van der Waals surface area (Å²) in [7, 11) is 0. The van der Waals surface area contributed by atoms with Crippen molar-refractivity contribution in [2.45, 2.75) is 18.5 Å². The predicted molar refractivity (Wildman–Crippen MR) is 139 cm³/mol. The second kappa shape index (κ2) is 10.1. The number of carbonyl (C=O) groups excluding carboxylic acids is 2. The average Bonchev–Trinajstić information content (AvgIpc) is 3.42. The predicted octanol–water partition coefficient (Wildman–Crippen LogP) is 6.07. The van der Waals surface area contributed by atoms with Gasteiger partial charge in [0.05, 0.1) is 11.1 Å². The van der Waals surface area contributed by atoms with Crippen molar-refractivity contribution in [3.63, 3.8) is 0 Å². The summed E-state index contributed by atoms with van der Waals surface area (Å²) in [5.41, 5.74) is 3.15. The Morgan fingerprint density at radius 3 is 2.58 bits per heavy atom. The third-order valence-corrected chi connectivity index (χ3v) is 6.68. The summed E-state index contributed by atoms with van der Waals surface area (Å²) in [6.07, 6.45) is 0.878. The van der Waals surface area contributed by atoms with Crippen molar-refractivity contribution in [2.75, 3.05) is 18.4 Å². The van der Waals surface area contributed by atoms with Crippen molar-refractivity contribution in [2.24, 2.45) is 0 Å². The van der Waals surface area contributed by atoms with E-state index in [0.717, 1.165) is 46.1 Å². The molecule has 1 saturated heterocycles. The lowest BCUT2D eigenvalue weighted by atomic mass is 9.91. The summed E-state index contributed by atoms with van der Waals surface area (Å²) in [6, 6.07) is 15.4. The molecule has 0 spiro atoms. The number of alkyl halides is 3. The number of aromatic nitrogens is 2. The number of hydrogen-bond acceptors (Lipinski definition) is 4. The second-order valence-electron chi connectivity index (χ2n) is 9.11. The molecule has 1 aliphatic rings. The Labute approximate surface area is 216 Å². The summed E-state index contributed by atoms with van der Waals surface area (Å²) in [6.45, 7) is 4.79. The van der Waals surface area contributed by atoms with E-state index in [1.807, 2.05) is 6.07 Å². The molecular formula is C29H23F3N4O2. The SMILES string of the molecule is C=CC(=O)N1CCC(c2cc(-c3ccc(C(=O)Nc4cccc(C(F)(F)F)c4)cc3)cc3cncnc23)C1. The summed E-state index contributed by atoms with van der Waals surface area (Å²) in [4.78, 5) is 35.2. The van der Waals surface area contributed by atoms with E-state index < -0.39 is 17.6 Å². The number of likely N-dealkylation sites (tertiary alicyclic amines) is 1. The standard InChI is InChI=1S/C29H23F3N4O2/c1-2-26(37)36-11-10-20(16-36)25-13-21(12-22-15-33-17-34-27(22)25)18-6-8-19(9-7-18)28(38)35-24-5-3-4-23(14-24)29(30,31)32/h2-9,12-15,17,20H,1,10-11,16H2,(H,35,38). The molecule has 0 saturated carbocycles. The van der Waals surface area contributed by atoms with E-state index in [4.69, 9.17) is 0 Å². The van der Waals surface area contributed by atoms with Gasteiger partial charge in [0.1, 0.15) is 6.33 Å². The molecule has 1 aromatic heterocycles. The van der Waals surface area contributed by atoms with E-state index in [2.05, 4.69) is 27.9 Å². The van der Waals surface area contributed by atoms with Crippen LogP contribution >= 0.6 is 0 Å². The van der Waals surface area contributed by atoms with Crippen molar-refractivity contribution in [3.8, 4) is 11.1 Å². The van der Waals surface area contributed by atoms with Crippen LogP contribution in [0.15, 0.2) is 85.8 Å². The molecule has 4 aromatic rings. The van der Waals surface area contributed by atoms with Gasteiger partial charge in [-0.3, -0.25) is 9.59 Å². The first-order valence-electron chi connectivity index (χ1n) is 12.0. The highest BCUT2D eigenvalue weighted by Gasteiger charge is 2.31. The minimum absolute atomic E-state index is 0.0635. The fraction of sp³-hybridized carbons (Fsp3) is 0.172. The van der Waals surface area contributed by atoms with Crippen LogP contribution in [-0.4, -0.2) is 39.8 Å². The van der Waals surface area contributed by atoms with E-state index in [1.165, 1.54) is 24.5 Å². The fourth-order valence-electron chi connectivity index (χ4n) is 4.74. The van der Waals surface area contributed by atoms with Crippen LogP contribution in [0.25, 0.3) is 22.0 Å². The van der Waals surface area contributed by atoms with Gasteiger partial charge < -0.3 is 10.2 Å². The number of amides is 2. The molecule has 1 fully saturated rings. The summed E-state index contributed by atoms with van der Waals surface area (Å²) >= 11 is 0. The van der Waals surface area contributed by atoms with E-state index in [0.29, 0.717) is 18.7 Å². The molecule has 0 radical (unpaired) electrons. The highest BCUT2D eigenvalue weighted by atomic mass is 19.4. The van der Waals surface area contributed by atoms with Gasteiger partial charge in [0, 0.05) is 41.8 Å². The monoisotopic (exact) mass is 516 g/mol. The van der Waals surface area contributed by atoms with Crippen molar-refractivity contribution in [1.82, 2.24) is 14.9 Å². The maximum Gasteiger partial charge on any atom is 0.416 e. The highest BCUT2D eigenvalue weighted by molar-refractivity contribution is 6.04. The molecule has 192 valence electrons. The van der Waals surface area contributed by atoms with Gasteiger partial charge in [0.2, 0.25) is 5.91 Å². The smallest absolute Gasteiger partial charge is 0.339 e. The molecule has 2 heterocycles. The van der Waals surface area contributed by atoms with Crippen LogP contribution in [0.4, 0.5) is 18.9 Å². The molecule has 1 atom stereocenters. The second-order valence-corrected chi connectivity index (χ2v) is 9.11. The minimum Gasteiger partial charge on any atom is -0.339 e. The zero-order chi connectivity index (χ0) is 26.9. The number of anilines is 1. The van der Waals surface area contributed by atoms with E-state index >= 15 is 0 Å². The normalized spacial score (nSPS) is 15.4. The van der Waals surface area contributed by atoms with Crippen LogP contribution in [0.5, 0.6) is 0 Å². The van der Waals surface area contributed by atoms with Gasteiger partial charge in [-0.2, -0.15) is 13.2 Å². The van der Waals surface area contributed by atoms with Crippen LogP contribution in [0.2, 0.25) is 0 Å². The molecule has 0 aliphatic carbocycles. The van der Waals surface area contributed by atoms with Crippen molar-refractivity contribution < 1.29 is 22.8 Å². The third kappa shape index (κ3) is 5.13. The number of nitrogens with one attached hydrogen (secondary N) is 1. The number of hydrogen-bond donors (Lipinski definition) is 1. The number of halogens is 3. The molecule has 1 unspecified atom stereocenters. The number of nitrogens with zero attached hydrogens (tertiary/aromatic N) is 3. The Bertz CT molecular complexity index is 1530. The van der Waals surface area contributed by atoms with E-state index in [1.54, 1.807) is 35.4 Å². The molecule has 0 bridgehead atoms. The van der Waals surface area contributed by atoms with Gasteiger partial charge >= 0.3 is 6.18 Å². The Hall–Kier alpha value is -4.53. The maximum atomic E-state index is 13.0. The lowest BCUT2D eigenvalue weighted by Gasteiger charge is -2.17. The highest BCUT2D eigenvalue weighted by Crippen LogP contribution is 2.35. The van der Waals surface area contributed by atoms with Crippen molar-refractivity contribution >= 4 is 28.4 Å². The molecule has 3 aromatic carbocycles. The average molecular weight is 517 g/mol. The first kappa shape index (κ1) is 25.1. The molecule has 2 amide bonds. The van der Waals surface area contributed by atoms with E-state index in [9.17, 15) is 22.8 Å². The van der Waals surface area contributed by atoms with Gasteiger partial charge in [-0.15, -0.1) is 0 Å². The Balaban J connectivity index is 1.40. The zero-order valence-electron chi connectivity index (χ0n) is 20.2. The Morgan fingerprint density at radius 2 is 1.84 bits per heavy atom. The van der Waals surface area contributed by atoms with Crippen LogP contribution in [0.1, 0.15) is 33.8 Å². The lowest BCUT2D eigenvalue weighted by Crippen LogP contribution is -2.26. The van der Waals surface area contributed by atoms with Gasteiger partial charge in [-0.05, 0) is 71.7 Å². The first-order chi connectivity index (χ1) is 18.2. The molecule has 1 N–H and O–H groups in total. The van der Waals surface area contributed by atoms with Gasteiger partial charge in [-0.25, -0.2) is 9.97 Å². The van der Waals surface area contributed by atoms with Crippen LogP contribution in [0.3, 0.4) is 0 Å². The minimum atomic E-state index is -4.50. The Kier molecular flexibility index (Phi) is 6.67. The molecule has 1 aliphatic heterocycles. The zero-order valence-corrected chi connectivity index (χ0v) is 20.2. The van der Waals surface area contributed by atoms with Crippen LogP contribution < -0.4 is 5.32 Å². The van der Waals surface area contributed by atoms with E-state index in [-0.39, 0.29) is 17.5 Å². The quantitative estimate of drug-likeness (QED) is 0.327. The number of fused-ring (bicyclic) bond motifs is 1. The summed E-state index contributed by atoms with van der Waals surface area (Å²) in [5, 5.41) is 3.38. The Morgan fingerprint density at radius 1 is 1.05 bits per heavy atom. The van der Waals surface area contributed by atoms with Crippen molar-refractivity contribution in [1.29, 1.82) is 0 Å². The van der Waals surface area contributed by atoms with Crippen LogP contribution in [-0.2, 0) is 11.0 Å². The molecule has 6 nitrogen and oxygen atoms in total. The fourth-order valence-corrected chi connectivity index (χ4v) is 4.74. The molecule has 38 heavy (non-hydrogen) atoms. The summed E-state index contributed by atoms with van der Waals surface area (Å²) in [5.74, 6) is -0.503. The van der Waals surface area contributed by atoms with Gasteiger partial charge in [0.15, 0.2) is 0 Å². The van der Waals surface area contributed by atoms with Gasteiger partial charge in [0.25, 0.3) is 5.91 Å². The largest absolute Gasteiger partial charge is 0.416 e. The molecule has 5 rings (SSSR count).